The first kappa shape index (κ1) is 16.6. The Hall–Kier alpha value is -0.810. The molecule has 122 valence electrons. The third-order valence-electron chi connectivity index (χ3n) is 4.66. The number of nitrogens with one attached hydrogen (secondary N) is 1. The van der Waals surface area contributed by atoms with E-state index in [0.29, 0.717) is 25.4 Å². The molecule has 2 amide bonds. The summed E-state index contributed by atoms with van der Waals surface area (Å²) in [4.78, 5) is 13.8. The van der Waals surface area contributed by atoms with Crippen molar-refractivity contribution in [3.8, 4) is 0 Å². The molecule has 1 N–H and O–H groups in total. The summed E-state index contributed by atoms with van der Waals surface area (Å²) in [5, 5.41) is 2.88. The molecular weight excluding hydrogens is 268 g/mol. The molecule has 1 heterocycles. The highest BCUT2D eigenvalue weighted by atomic mass is 16.5. The summed E-state index contributed by atoms with van der Waals surface area (Å²) in [5.74, 6) is 0.863. The molecule has 1 aliphatic heterocycles. The van der Waals surface area contributed by atoms with Gasteiger partial charge >= 0.3 is 6.03 Å². The molecule has 2 fully saturated rings. The molecule has 0 bridgehead atoms. The topological polar surface area (TPSA) is 50.8 Å². The minimum atomic E-state index is 0.0250. The Bertz CT molecular complexity index is 309. The molecule has 0 aromatic carbocycles. The lowest BCUT2D eigenvalue weighted by Crippen LogP contribution is -2.47. The molecule has 0 spiro atoms. The van der Waals surface area contributed by atoms with Gasteiger partial charge in [0.1, 0.15) is 0 Å². The van der Waals surface area contributed by atoms with Crippen LogP contribution in [0.15, 0.2) is 0 Å². The summed E-state index contributed by atoms with van der Waals surface area (Å²) >= 11 is 0. The van der Waals surface area contributed by atoms with Crippen LogP contribution in [0.5, 0.6) is 0 Å². The Kier molecular flexibility index (Phi) is 6.77. The van der Waals surface area contributed by atoms with Crippen molar-refractivity contribution in [2.24, 2.45) is 5.92 Å². The SMILES string of the molecule is COCCNC(=O)N1CCC(OC2CCC(C)CC2)CC1. The van der Waals surface area contributed by atoms with Gasteiger partial charge in [-0.3, -0.25) is 0 Å². The third kappa shape index (κ3) is 5.47. The summed E-state index contributed by atoms with van der Waals surface area (Å²) < 4.78 is 11.2. The van der Waals surface area contributed by atoms with Crippen molar-refractivity contribution in [2.45, 2.75) is 57.7 Å². The lowest BCUT2D eigenvalue weighted by Gasteiger charge is -2.35. The van der Waals surface area contributed by atoms with E-state index in [1.165, 1.54) is 25.7 Å². The lowest BCUT2D eigenvalue weighted by molar-refractivity contribution is -0.0559. The summed E-state index contributed by atoms with van der Waals surface area (Å²) in [7, 11) is 1.64. The molecule has 2 rings (SSSR count). The van der Waals surface area contributed by atoms with E-state index in [0.717, 1.165) is 31.8 Å². The van der Waals surface area contributed by atoms with Gasteiger partial charge in [0.05, 0.1) is 18.8 Å². The van der Waals surface area contributed by atoms with E-state index in [1.807, 2.05) is 4.90 Å². The van der Waals surface area contributed by atoms with E-state index < -0.39 is 0 Å². The smallest absolute Gasteiger partial charge is 0.317 e. The Morgan fingerprint density at radius 2 is 1.71 bits per heavy atom. The number of methoxy groups -OCH3 is 1. The Morgan fingerprint density at radius 1 is 1.10 bits per heavy atom. The van der Waals surface area contributed by atoms with Crippen molar-refractivity contribution >= 4 is 6.03 Å². The van der Waals surface area contributed by atoms with E-state index >= 15 is 0 Å². The Balaban J connectivity index is 1.62. The summed E-state index contributed by atoms with van der Waals surface area (Å²) in [6.07, 6.45) is 7.72. The van der Waals surface area contributed by atoms with Crippen molar-refractivity contribution in [1.82, 2.24) is 10.2 Å². The monoisotopic (exact) mass is 298 g/mol. The lowest BCUT2D eigenvalue weighted by atomic mass is 9.88. The fraction of sp³-hybridized carbons (Fsp3) is 0.938. The van der Waals surface area contributed by atoms with Crippen molar-refractivity contribution in [3.05, 3.63) is 0 Å². The van der Waals surface area contributed by atoms with Crippen LogP contribution < -0.4 is 5.32 Å². The zero-order valence-electron chi connectivity index (χ0n) is 13.5. The molecule has 0 aromatic heterocycles. The van der Waals surface area contributed by atoms with Crippen LogP contribution in [0.3, 0.4) is 0 Å². The number of carbonyl (C=O) groups is 1. The first-order valence-corrected chi connectivity index (χ1v) is 8.36. The molecule has 21 heavy (non-hydrogen) atoms. The van der Waals surface area contributed by atoms with Crippen LogP contribution in [0.2, 0.25) is 0 Å². The molecular formula is C16H30N2O3. The predicted molar refractivity (Wildman–Crippen MR) is 82.4 cm³/mol. The Labute approximate surface area is 128 Å². The summed E-state index contributed by atoms with van der Waals surface area (Å²) in [6, 6.07) is 0.0250. The molecule has 0 unspecified atom stereocenters. The standard InChI is InChI=1S/C16H30N2O3/c1-13-3-5-14(6-4-13)21-15-7-10-18(11-8-15)16(19)17-9-12-20-2/h13-15H,3-12H2,1-2H3,(H,17,19). The Morgan fingerprint density at radius 3 is 2.33 bits per heavy atom. The van der Waals surface area contributed by atoms with Crippen LogP contribution in [-0.4, -0.2) is 56.5 Å². The molecule has 0 atom stereocenters. The van der Waals surface area contributed by atoms with Crippen molar-refractivity contribution in [2.75, 3.05) is 33.4 Å². The molecule has 0 aromatic rings. The number of carbonyl (C=O) groups excluding carboxylic acids is 1. The molecule has 2 aliphatic rings. The number of ether oxygens (including phenoxy) is 2. The van der Waals surface area contributed by atoms with Gasteiger partial charge in [0, 0.05) is 26.7 Å². The summed E-state index contributed by atoms with van der Waals surface area (Å²) in [6.45, 7) is 5.06. The molecule has 1 aliphatic carbocycles. The van der Waals surface area contributed by atoms with Gasteiger partial charge < -0.3 is 19.7 Å². The average Bonchev–Trinajstić information content (AvgIpc) is 2.50. The van der Waals surface area contributed by atoms with Crippen LogP contribution in [0, 0.1) is 5.92 Å². The van der Waals surface area contributed by atoms with E-state index in [9.17, 15) is 4.79 Å². The molecule has 0 radical (unpaired) electrons. The quantitative estimate of drug-likeness (QED) is 0.793. The van der Waals surface area contributed by atoms with Crippen LogP contribution in [0.25, 0.3) is 0 Å². The highest BCUT2D eigenvalue weighted by molar-refractivity contribution is 5.74. The zero-order chi connectivity index (χ0) is 15.1. The molecule has 1 saturated carbocycles. The van der Waals surface area contributed by atoms with Crippen molar-refractivity contribution in [1.29, 1.82) is 0 Å². The van der Waals surface area contributed by atoms with Gasteiger partial charge in [-0.2, -0.15) is 0 Å². The minimum Gasteiger partial charge on any atom is -0.383 e. The zero-order valence-corrected chi connectivity index (χ0v) is 13.5. The van der Waals surface area contributed by atoms with Crippen LogP contribution in [0.1, 0.15) is 45.4 Å². The van der Waals surface area contributed by atoms with Gasteiger partial charge in [0.25, 0.3) is 0 Å². The number of amides is 2. The van der Waals surface area contributed by atoms with Crippen LogP contribution in [-0.2, 0) is 9.47 Å². The molecule has 5 nitrogen and oxygen atoms in total. The van der Waals surface area contributed by atoms with Crippen molar-refractivity contribution < 1.29 is 14.3 Å². The first-order valence-electron chi connectivity index (χ1n) is 8.36. The average molecular weight is 298 g/mol. The predicted octanol–water partition coefficient (Wildman–Crippen LogP) is 2.40. The number of hydrogen-bond donors (Lipinski definition) is 1. The molecule has 5 heteroatoms. The van der Waals surface area contributed by atoms with E-state index in [-0.39, 0.29) is 6.03 Å². The number of rotatable bonds is 5. The fourth-order valence-corrected chi connectivity index (χ4v) is 3.20. The third-order valence-corrected chi connectivity index (χ3v) is 4.66. The van der Waals surface area contributed by atoms with E-state index in [4.69, 9.17) is 9.47 Å². The maximum absolute atomic E-state index is 11.9. The van der Waals surface area contributed by atoms with E-state index in [2.05, 4.69) is 12.2 Å². The minimum absolute atomic E-state index is 0.0250. The number of piperidine rings is 1. The van der Waals surface area contributed by atoms with Crippen molar-refractivity contribution in [3.63, 3.8) is 0 Å². The second kappa shape index (κ2) is 8.59. The maximum atomic E-state index is 11.9. The number of nitrogens with zero attached hydrogens (tertiary/aromatic N) is 1. The van der Waals surface area contributed by atoms with E-state index in [1.54, 1.807) is 7.11 Å². The highest BCUT2D eigenvalue weighted by Gasteiger charge is 2.27. The first-order chi connectivity index (χ1) is 10.2. The number of urea groups is 1. The van der Waals surface area contributed by atoms with Crippen LogP contribution >= 0.6 is 0 Å². The second-order valence-corrected chi connectivity index (χ2v) is 6.43. The largest absolute Gasteiger partial charge is 0.383 e. The van der Waals surface area contributed by atoms with Crippen LogP contribution in [0.4, 0.5) is 4.79 Å². The second-order valence-electron chi connectivity index (χ2n) is 6.43. The van der Waals surface area contributed by atoms with Gasteiger partial charge in [0.2, 0.25) is 0 Å². The van der Waals surface area contributed by atoms with Gasteiger partial charge in [-0.05, 0) is 44.4 Å². The number of likely N-dealkylation sites (tertiary alicyclic amines) is 1. The number of hydrogen-bond acceptors (Lipinski definition) is 3. The van der Waals surface area contributed by atoms with Gasteiger partial charge in [-0.25, -0.2) is 4.79 Å². The molecule has 1 saturated heterocycles. The normalized spacial score (nSPS) is 27.6. The maximum Gasteiger partial charge on any atom is 0.317 e. The summed E-state index contributed by atoms with van der Waals surface area (Å²) in [5.41, 5.74) is 0. The van der Waals surface area contributed by atoms with Gasteiger partial charge in [-0.1, -0.05) is 6.92 Å². The highest BCUT2D eigenvalue weighted by Crippen LogP contribution is 2.28. The van der Waals surface area contributed by atoms with Gasteiger partial charge in [0.15, 0.2) is 0 Å². The fourth-order valence-electron chi connectivity index (χ4n) is 3.20. The van der Waals surface area contributed by atoms with Gasteiger partial charge in [-0.15, -0.1) is 0 Å².